The van der Waals surface area contributed by atoms with Gasteiger partial charge in [-0.3, -0.25) is 9.59 Å². The molecule has 1 saturated heterocycles. The minimum Gasteiger partial charge on any atom is -0.341 e. The summed E-state index contributed by atoms with van der Waals surface area (Å²) in [5.74, 6) is 0.678. The molecule has 0 spiro atoms. The molecule has 1 aliphatic carbocycles. The van der Waals surface area contributed by atoms with Crippen molar-refractivity contribution in [2.45, 2.75) is 44.2 Å². The van der Waals surface area contributed by atoms with Gasteiger partial charge in [-0.25, -0.2) is 0 Å². The van der Waals surface area contributed by atoms with Crippen molar-refractivity contribution in [2.24, 2.45) is 5.92 Å². The SMILES string of the molecule is CCN(CCN1C(=O)C(C)SC1c1ccc(C)cc1)C(=O)C1CC1. The van der Waals surface area contributed by atoms with Crippen LogP contribution in [0.2, 0.25) is 0 Å². The van der Waals surface area contributed by atoms with E-state index in [9.17, 15) is 9.59 Å². The number of carbonyl (C=O) groups excluding carboxylic acids is 2. The maximum absolute atomic E-state index is 12.6. The molecule has 1 saturated carbocycles. The molecule has 0 radical (unpaired) electrons. The van der Waals surface area contributed by atoms with Gasteiger partial charge in [0.25, 0.3) is 0 Å². The van der Waals surface area contributed by atoms with E-state index in [0.29, 0.717) is 13.1 Å². The predicted octanol–water partition coefficient (Wildman–Crippen LogP) is 3.22. The van der Waals surface area contributed by atoms with Crippen molar-refractivity contribution in [2.75, 3.05) is 19.6 Å². The number of nitrogens with zero attached hydrogens (tertiary/aromatic N) is 2. The smallest absolute Gasteiger partial charge is 0.236 e. The summed E-state index contributed by atoms with van der Waals surface area (Å²) in [5, 5.41) is 0.0355. The second kappa shape index (κ2) is 7.18. The van der Waals surface area contributed by atoms with Gasteiger partial charge in [0.2, 0.25) is 11.8 Å². The van der Waals surface area contributed by atoms with E-state index < -0.39 is 0 Å². The summed E-state index contributed by atoms with van der Waals surface area (Å²) in [5.41, 5.74) is 2.39. The van der Waals surface area contributed by atoms with E-state index in [1.165, 1.54) is 11.1 Å². The Bertz CT molecular complexity index is 612. The summed E-state index contributed by atoms with van der Waals surface area (Å²) in [6.07, 6.45) is 2.05. The Morgan fingerprint density at radius 1 is 1.29 bits per heavy atom. The summed E-state index contributed by atoms with van der Waals surface area (Å²) < 4.78 is 0. The monoisotopic (exact) mass is 346 g/mol. The van der Waals surface area contributed by atoms with E-state index in [1.54, 1.807) is 11.8 Å². The minimum atomic E-state index is -0.0227. The number of hydrogen-bond acceptors (Lipinski definition) is 3. The van der Waals surface area contributed by atoms with Crippen LogP contribution in [0, 0.1) is 12.8 Å². The molecule has 1 aromatic carbocycles. The number of rotatable bonds is 6. The van der Waals surface area contributed by atoms with Gasteiger partial charge in [0.1, 0.15) is 5.37 Å². The average molecular weight is 346 g/mol. The van der Waals surface area contributed by atoms with Gasteiger partial charge >= 0.3 is 0 Å². The van der Waals surface area contributed by atoms with Crippen molar-refractivity contribution in [3.63, 3.8) is 0 Å². The molecule has 24 heavy (non-hydrogen) atoms. The fraction of sp³-hybridized carbons (Fsp3) is 0.579. The minimum absolute atomic E-state index is 0.0227. The van der Waals surface area contributed by atoms with Crippen molar-refractivity contribution in [3.8, 4) is 0 Å². The number of benzene rings is 1. The molecule has 0 aromatic heterocycles. The summed E-state index contributed by atoms with van der Waals surface area (Å²) in [4.78, 5) is 28.7. The molecule has 2 atom stereocenters. The van der Waals surface area contributed by atoms with Gasteiger partial charge < -0.3 is 9.80 Å². The quantitative estimate of drug-likeness (QED) is 0.794. The molecule has 0 N–H and O–H groups in total. The van der Waals surface area contributed by atoms with Crippen LogP contribution < -0.4 is 0 Å². The zero-order valence-electron chi connectivity index (χ0n) is 14.7. The fourth-order valence-electron chi connectivity index (χ4n) is 3.13. The third kappa shape index (κ3) is 3.61. The van der Waals surface area contributed by atoms with Crippen LogP contribution in [0.25, 0.3) is 0 Å². The van der Waals surface area contributed by atoms with Gasteiger partial charge in [-0.15, -0.1) is 11.8 Å². The second-order valence-electron chi connectivity index (χ2n) is 6.77. The van der Waals surface area contributed by atoms with Gasteiger partial charge in [-0.2, -0.15) is 0 Å². The van der Waals surface area contributed by atoms with Crippen LogP contribution in [0.4, 0.5) is 0 Å². The number of aryl methyl sites for hydroxylation is 1. The average Bonchev–Trinajstić information content (AvgIpc) is 3.38. The highest BCUT2D eigenvalue weighted by Crippen LogP contribution is 2.42. The fourth-order valence-corrected chi connectivity index (χ4v) is 4.44. The van der Waals surface area contributed by atoms with E-state index in [4.69, 9.17) is 0 Å². The van der Waals surface area contributed by atoms with E-state index in [2.05, 4.69) is 31.2 Å². The summed E-state index contributed by atoms with van der Waals surface area (Å²) >= 11 is 1.70. The van der Waals surface area contributed by atoms with Crippen molar-refractivity contribution in [1.29, 1.82) is 0 Å². The number of carbonyl (C=O) groups is 2. The third-order valence-electron chi connectivity index (χ3n) is 4.84. The van der Waals surface area contributed by atoms with Crippen molar-refractivity contribution >= 4 is 23.6 Å². The van der Waals surface area contributed by atoms with Crippen molar-refractivity contribution in [1.82, 2.24) is 9.80 Å². The van der Waals surface area contributed by atoms with Gasteiger partial charge in [0.15, 0.2) is 0 Å². The molecule has 2 amide bonds. The first-order valence-electron chi connectivity index (χ1n) is 8.82. The van der Waals surface area contributed by atoms with Crippen molar-refractivity contribution in [3.05, 3.63) is 35.4 Å². The lowest BCUT2D eigenvalue weighted by Gasteiger charge is -2.28. The normalized spacial score (nSPS) is 23.6. The summed E-state index contributed by atoms with van der Waals surface area (Å²) in [7, 11) is 0. The molecule has 2 fully saturated rings. The highest BCUT2D eigenvalue weighted by atomic mass is 32.2. The molecule has 0 bridgehead atoms. The number of hydrogen-bond donors (Lipinski definition) is 0. The number of thioether (sulfide) groups is 1. The number of likely N-dealkylation sites (N-methyl/N-ethyl adjacent to an activating group) is 1. The van der Waals surface area contributed by atoms with Crippen LogP contribution in [0.1, 0.15) is 43.2 Å². The molecule has 1 heterocycles. The summed E-state index contributed by atoms with van der Waals surface area (Å²) in [6, 6.07) is 8.41. The zero-order valence-corrected chi connectivity index (χ0v) is 15.5. The highest BCUT2D eigenvalue weighted by molar-refractivity contribution is 8.01. The van der Waals surface area contributed by atoms with Crippen LogP contribution >= 0.6 is 11.8 Å². The lowest BCUT2D eigenvalue weighted by Crippen LogP contribution is -2.41. The standard InChI is InChI=1S/C19H26N2O2S/c1-4-20(18(23)15-9-10-15)11-12-21-17(22)14(3)24-19(21)16-7-5-13(2)6-8-16/h5-8,14-15,19H,4,9-12H2,1-3H3. The highest BCUT2D eigenvalue weighted by Gasteiger charge is 2.39. The zero-order chi connectivity index (χ0) is 17.3. The van der Waals surface area contributed by atoms with Gasteiger partial charge in [-0.05, 0) is 39.2 Å². The van der Waals surface area contributed by atoms with Crippen LogP contribution in [0.15, 0.2) is 24.3 Å². The van der Waals surface area contributed by atoms with E-state index in [0.717, 1.165) is 19.4 Å². The molecule has 5 heteroatoms. The van der Waals surface area contributed by atoms with Crippen LogP contribution in [-0.4, -0.2) is 46.5 Å². The Kier molecular flexibility index (Phi) is 5.18. The van der Waals surface area contributed by atoms with Crippen LogP contribution in [0.3, 0.4) is 0 Å². The first-order valence-corrected chi connectivity index (χ1v) is 9.76. The topological polar surface area (TPSA) is 40.6 Å². The molecule has 2 unspecified atom stereocenters. The Hall–Kier alpha value is -1.49. The van der Waals surface area contributed by atoms with Gasteiger partial charge in [0, 0.05) is 25.6 Å². The summed E-state index contributed by atoms with van der Waals surface area (Å²) in [6.45, 7) is 8.02. The molecule has 1 aromatic rings. The maximum atomic E-state index is 12.6. The predicted molar refractivity (Wildman–Crippen MR) is 97.7 cm³/mol. The van der Waals surface area contributed by atoms with Gasteiger partial charge in [0.05, 0.1) is 5.25 Å². The van der Waals surface area contributed by atoms with E-state index >= 15 is 0 Å². The molecule has 4 nitrogen and oxygen atoms in total. The largest absolute Gasteiger partial charge is 0.341 e. The first kappa shape index (κ1) is 17.3. The molecule has 3 rings (SSSR count). The lowest BCUT2D eigenvalue weighted by atomic mass is 10.1. The Balaban J connectivity index is 1.69. The second-order valence-corrected chi connectivity index (χ2v) is 8.19. The Labute approximate surface area is 148 Å². The maximum Gasteiger partial charge on any atom is 0.236 e. The van der Waals surface area contributed by atoms with E-state index in [-0.39, 0.29) is 28.4 Å². The molecular weight excluding hydrogens is 320 g/mol. The molecular formula is C19H26N2O2S. The van der Waals surface area contributed by atoms with Crippen LogP contribution in [-0.2, 0) is 9.59 Å². The number of amides is 2. The van der Waals surface area contributed by atoms with Gasteiger partial charge in [-0.1, -0.05) is 29.8 Å². The third-order valence-corrected chi connectivity index (χ3v) is 6.23. The van der Waals surface area contributed by atoms with E-state index in [1.807, 2.05) is 23.6 Å². The molecule has 130 valence electrons. The van der Waals surface area contributed by atoms with Crippen molar-refractivity contribution < 1.29 is 9.59 Å². The van der Waals surface area contributed by atoms with Crippen LogP contribution in [0.5, 0.6) is 0 Å². The Morgan fingerprint density at radius 2 is 1.96 bits per heavy atom. The lowest BCUT2D eigenvalue weighted by molar-refractivity contribution is -0.135. The first-order chi connectivity index (χ1) is 11.5. The molecule has 2 aliphatic rings. The Morgan fingerprint density at radius 3 is 2.54 bits per heavy atom. The molecule has 1 aliphatic heterocycles.